The molecule has 1 N–H and O–H groups in total. The van der Waals surface area contributed by atoms with Crippen LogP contribution in [0.5, 0.6) is 11.6 Å². The minimum absolute atomic E-state index is 0.0254. The summed E-state index contributed by atoms with van der Waals surface area (Å²) < 4.78 is 5.88. The molecule has 0 amide bonds. The number of nitrogens with one attached hydrogen (secondary N) is 1. The summed E-state index contributed by atoms with van der Waals surface area (Å²) in [4.78, 5) is 15.5. The molecule has 6 nitrogen and oxygen atoms in total. The van der Waals surface area contributed by atoms with E-state index in [2.05, 4.69) is 10.3 Å². The van der Waals surface area contributed by atoms with E-state index < -0.39 is 4.92 Å². The van der Waals surface area contributed by atoms with Crippen molar-refractivity contribution in [3.05, 3.63) is 50.2 Å². The summed E-state index contributed by atoms with van der Waals surface area (Å²) in [6, 6.07) is 3.65. The summed E-state index contributed by atoms with van der Waals surface area (Å²) in [5.74, 6) is 0.505. The second-order valence-electron chi connectivity index (χ2n) is 6.36. The fraction of sp³-hybridized carbons (Fsp3) is 0.421. The van der Waals surface area contributed by atoms with Gasteiger partial charge in [-0.05, 0) is 62.4 Å². The van der Waals surface area contributed by atoms with Gasteiger partial charge >= 0.3 is 11.6 Å². The van der Waals surface area contributed by atoms with Crippen LogP contribution in [0.2, 0.25) is 5.02 Å². The van der Waals surface area contributed by atoms with Crippen molar-refractivity contribution in [1.82, 2.24) is 4.98 Å². The zero-order valence-corrected chi connectivity index (χ0v) is 16.5. The van der Waals surface area contributed by atoms with Crippen LogP contribution in [-0.4, -0.2) is 15.9 Å². The van der Waals surface area contributed by atoms with Crippen LogP contribution in [0.4, 0.5) is 11.4 Å². The molecule has 0 aliphatic heterocycles. The van der Waals surface area contributed by atoms with Crippen molar-refractivity contribution in [2.45, 2.75) is 53.5 Å². The Balaban J connectivity index is 2.55. The molecule has 0 unspecified atom stereocenters. The molecular formula is C19H24ClN3O3. The second-order valence-corrected chi connectivity index (χ2v) is 6.79. The van der Waals surface area contributed by atoms with E-state index in [0.29, 0.717) is 22.0 Å². The minimum Gasteiger partial charge on any atom is -0.433 e. The lowest BCUT2D eigenvalue weighted by Crippen LogP contribution is -2.19. The third-order valence-electron chi connectivity index (χ3n) is 4.35. The number of anilines is 1. The molecule has 0 fully saturated rings. The third-order valence-corrected chi connectivity index (χ3v) is 4.57. The van der Waals surface area contributed by atoms with Crippen LogP contribution < -0.4 is 10.1 Å². The minimum atomic E-state index is -0.444. The summed E-state index contributed by atoms with van der Waals surface area (Å²) in [7, 11) is 0. The van der Waals surface area contributed by atoms with Crippen LogP contribution >= 0.6 is 11.6 Å². The number of nitrogens with zero attached hydrogens (tertiary/aromatic N) is 2. The number of ether oxygens (including phenoxy) is 1. The Morgan fingerprint density at radius 1 is 1.19 bits per heavy atom. The molecule has 1 aromatic carbocycles. The van der Waals surface area contributed by atoms with E-state index in [-0.39, 0.29) is 17.6 Å². The zero-order chi connectivity index (χ0) is 19.4. The Morgan fingerprint density at radius 3 is 2.27 bits per heavy atom. The van der Waals surface area contributed by atoms with Crippen LogP contribution in [0.3, 0.4) is 0 Å². The predicted octanol–water partition coefficient (Wildman–Crippen LogP) is 5.96. The van der Waals surface area contributed by atoms with Crippen molar-refractivity contribution in [3.8, 4) is 11.6 Å². The van der Waals surface area contributed by atoms with Crippen LogP contribution in [0.15, 0.2) is 18.3 Å². The molecule has 0 aliphatic carbocycles. The van der Waals surface area contributed by atoms with Crippen molar-refractivity contribution >= 4 is 23.0 Å². The third kappa shape index (κ3) is 4.25. The van der Waals surface area contributed by atoms with Gasteiger partial charge in [0, 0.05) is 17.3 Å². The standard InChI is InChI=1S/C19H24ClN3O3/c1-6-15(7-2)22-16-13(5)10-21-19(17(16)23(24)25)26-18-11(3)8-14(20)9-12(18)4/h8-10,15H,6-7H2,1-5H3,(H,21,22). The topological polar surface area (TPSA) is 77.3 Å². The maximum Gasteiger partial charge on any atom is 0.354 e. The van der Waals surface area contributed by atoms with Gasteiger partial charge in [0.15, 0.2) is 0 Å². The molecule has 7 heteroatoms. The lowest BCUT2D eigenvalue weighted by Gasteiger charge is -2.19. The lowest BCUT2D eigenvalue weighted by atomic mass is 10.1. The van der Waals surface area contributed by atoms with Crippen molar-refractivity contribution in [1.29, 1.82) is 0 Å². The van der Waals surface area contributed by atoms with E-state index in [1.54, 1.807) is 25.3 Å². The number of hydrogen-bond donors (Lipinski definition) is 1. The van der Waals surface area contributed by atoms with Gasteiger partial charge in [-0.3, -0.25) is 10.1 Å². The van der Waals surface area contributed by atoms with E-state index in [1.165, 1.54) is 0 Å². The Hall–Kier alpha value is -2.34. The number of aromatic nitrogens is 1. The van der Waals surface area contributed by atoms with Gasteiger partial charge in [-0.25, -0.2) is 4.98 Å². The summed E-state index contributed by atoms with van der Waals surface area (Å²) >= 11 is 6.05. The highest BCUT2D eigenvalue weighted by atomic mass is 35.5. The first-order valence-corrected chi connectivity index (χ1v) is 9.01. The molecule has 0 atom stereocenters. The zero-order valence-electron chi connectivity index (χ0n) is 15.7. The molecule has 1 heterocycles. The summed E-state index contributed by atoms with van der Waals surface area (Å²) in [5, 5.41) is 15.7. The van der Waals surface area contributed by atoms with E-state index in [0.717, 1.165) is 24.0 Å². The van der Waals surface area contributed by atoms with Gasteiger partial charge in [-0.1, -0.05) is 25.4 Å². The molecule has 26 heavy (non-hydrogen) atoms. The van der Waals surface area contributed by atoms with E-state index in [4.69, 9.17) is 16.3 Å². The van der Waals surface area contributed by atoms with E-state index >= 15 is 0 Å². The highest BCUT2D eigenvalue weighted by molar-refractivity contribution is 6.30. The number of pyridine rings is 1. The number of rotatable bonds is 7. The summed E-state index contributed by atoms with van der Waals surface area (Å²) in [6.07, 6.45) is 3.32. The average Bonchev–Trinajstić information content (AvgIpc) is 2.57. The normalized spacial score (nSPS) is 10.9. The van der Waals surface area contributed by atoms with Crippen molar-refractivity contribution in [3.63, 3.8) is 0 Å². The van der Waals surface area contributed by atoms with Crippen molar-refractivity contribution in [2.75, 3.05) is 5.32 Å². The first-order chi connectivity index (χ1) is 12.3. The first-order valence-electron chi connectivity index (χ1n) is 8.63. The molecule has 0 saturated carbocycles. The number of aryl methyl sites for hydroxylation is 3. The van der Waals surface area contributed by atoms with Crippen molar-refractivity contribution < 1.29 is 9.66 Å². The number of nitro groups is 1. The van der Waals surface area contributed by atoms with Gasteiger partial charge in [-0.15, -0.1) is 0 Å². The quantitative estimate of drug-likeness (QED) is 0.475. The summed E-state index contributed by atoms with van der Waals surface area (Å²) in [5.41, 5.74) is 2.60. The van der Waals surface area contributed by atoms with Crippen LogP contribution in [0.1, 0.15) is 43.4 Å². The largest absolute Gasteiger partial charge is 0.433 e. The molecule has 0 spiro atoms. The first kappa shape index (κ1) is 20.0. The fourth-order valence-corrected chi connectivity index (χ4v) is 3.18. The van der Waals surface area contributed by atoms with Gasteiger partial charge < -0.3 is 10.1 Å². The fourth-order valence-electron chi connectivity index (χ4n) is 2.85. The molecule has 140 valence electrons. The lowest BCUT2D eigenvalue weighted by molar-refractivity contribution is -0.385. The van der Waals surface area contributed by atoms with Gasteiger partial charge in [0.25, 0.3) is 0 Å². The highest BCUT2D eigenvalue weighted by Crippen LogP contribution is 2.40. The number of benzene rings is 1. The van der Waals surface area contributed by atoms with E-state index in [9.17, 15) is 10.1 Å². The Labute approximate surface area is 158 Å². The van der Waals surface area contributed by atoms with Crippen LogP contribution in [0, 0.1) is 30.9 Å². The van der Waals surface area contributed by atoms with Gasteiger partial charge in [0.1, 0.15) is 11.4 Å². The SMILES string of the molecule is CCC(CC)Nc1c(C)cnc(Oc2c(C)cc(Cl)cc2C)c1[N+](=O)[O-]. The molecule has 0 saturated heterocycles. The van der Waals surface area contributed by atoms with Crippen LogP contribution in [-0.2, 0) is 0 Å². The summed E-state index contributed by atoms with van der Waals surface area (Å²) in [6.45, 7) is 9.57. The number of halogens is 1. The smallest absolute Gasteiger partial charge is 0.354 e. The number of hydrogen-bond acceptors (Lipinski definition) is 5. The monoisotopic (exact) mass is 377 g/mol. The maximum absolute atomic E-state index is 11.8. The molecule has 2 aromatic rings. The Kier molecular flexibility index (Phi) is 6.42. The molecule has 2 rings (SSSR count). The second kappa shape index (κ2) is 8.36. The van der Waals surface area contributed by atoms with Gasteiger partial charge in [0.2, 0.25) is 0 Å². The van der Waals surface area contributed by atoms with Crippen molar-refractivity contribution in [2.24, 2.45) is 0 Å². The Morgan fingerprint density at radius 2 is 1.77 bits per heavy atom. The highest BCUT2D eigenvalue weighted by Gasteiger charge is 2.27. The maximum atomic E-state index is 11.8. The van der Waals surface area contributed by atoms with Crippen LogP contribution in [0.25, 0.3) is 0 Å². The van der Waals surface area contributed by atoms with Gasteiger partial charge in [0.05, 0.1) is 4.92 Å². The molecule has 0 bridgehead atoms. The molecular weight excluding hydrogens is 354 g/mol. The molecule has 0 radical (unpaired) electrons. The van der Waals surface area contributed by atoms with Gasteiger partial charge in [-0.2, -0.15) is 0 Å². The van der Waals surface area contributed by atoms with E-state index in [1.807, 2.05) is 27.7 Å². The molecule has 1 aromatic heterocycles. The predicted molar refractivity (Wildman–Crippen MR) is 105 cm³/mol. The Bertz CT molecular complexity index is 797. The molecule has 0 aliphatic rings. The average molecular weight is 378 g/mol.